The van der Waals surface area contributed by atoms with E-state index < -0.39 is 0 Å². The summed E-state index contributed by atoms with van der Waals surface area (Å²) in [5, 5.41) is 4.79. The average Bonchev–Trinajstić information content (AvgIpc) is 2.46. The Balaban J connectivity index is 2.35. The number of hydrogen-bond acceptors (Lipinski definition) is 1. The van der Waals surface area contributed by atoms with Crippen LogP contribution < -0.4 is 5.32 Å². The van der Waals surface area contributed by atoms with E-state index in [1.165, 1.54) is 11.1 Å². The third-order valence-electron chi connectivity index (χ3n) is 3.59. The van der Waals surface area contributed by atoms with Crippen molar-refractivity contribution in [3.63, 3.8) is 0 Å². The van der Waals surface area contributed by atoms with Gasteiger partial charge in [0.2, 0.25) is 0 Å². The van der Waals surface area contributed by atoms with E-state index in [1.54, 1.807) is 0 Å². The molecule has 1 unspecified atom stereocenters. The highest BCUT2D eigenvalue weighted by atomic mass is 79.9. The second kappa shape index (κ2) is 7.64. The van der Waals surface area contributed by atoms with Crippen molar-refractivity contribution in [2.24, 2.45) is 0 Å². The summed E-state index contributed by atoms with van der Waals surface area (Å²) >= 11 is 16.0. The molecule has 0 aliphatic rings. The molecule has 0 saturated heterocycles. The Morgan fingerprint density at radius 1 is 1.14 bits per heavy atom. The lowest BCUT2D eigenvalue weighted by Gasteiger charge is -2.22. The van der Waals surface area contributed by atoms with E-state index in [2.05, 4.69) is 53.3 Å². The van der Waals surface area contributed by atoms with E-state index in [0.717, 1.165) is 23.0 Å². The van der Waals surface area contributed by atoms with Gasteiger partial charge in [-0.15, -0.1) is 0 Å². The summed E-state index contributed by atoms with van der Waals surface area (Å²) in [6, 6.07) is 12.3. The maximum atomic E-state index is 6.33. The van der Waals surface area contributed by atoms with Crippen molar-refractivity contribution in [1.82, 2.24) is 5.32 Å². The van der Waals surface area contributed by atoms with Crippen LogP contribution in [-0.4, -0.2) is 6.54 Å². The monoisotopic (exact) mass is 385 g/mol. The van der Waals surface area contributed by atoms with E-state index in [1.807, 2.05) is 18.2 Å². The highest BCUT2D eigenvalue weighted by Crippen LogP contribution is 2.31. The second-order valence-corrected chi connectivity index (χ2v) is 6.62. The molecule has 2 aromatic rings. The number of benzene rings is 2. The number of hydrogen-bond donors (Lipinski definition) is 1. The van der Waals surface area contributed by atoms with Gasteiger partial charge in [0.25, 0.3) is 0 Å². The van der Waals surface area contributed by atoms with Crippen molar-refractivity contribution in [3.8, 4) is 0 Å². The molecule has 21 heavy (non-hydrogen) atoms. The molecule has 0 aliphatic carbocycles. The molecule has 0 fully saturated rings. The normalized spacial score (nSPS) is 12.4. The lowest BCUT2D eigenvalue weighted by Crippen LogP contribution is -2.24. The topological polar surface area (TPSA) is 12.0 Å². The smallest absolute Gasteiger partial charge is 0.0624 e. The first-order valence-electron chi connectivity index (χ1n) is 6.95. The first kappa shape index (κ1) is 16.8. The molecule has 0 amide bonds. The summed E-state index contributed by atoms with van der Waals surface area (Å²) in [5.74, 6) is 0. The Hall–Kier alpha value is -0.540. The third-order valence-corrected chi connectivity index (χ3v) is 5.31. The van der Waals surface area contributed by atoms with Gasteiger partial charge in [0.1, 0.15) is 0 Å². The molecule has 0 aromatic heterocycles. The fourth-order valence-electron chi connectivity index (χ4n) is 2.47. The van der Waals surface area contributed by atoms with Crippen LogP contribution in [0.15, 0.2) is 40.9 Å². The highest BCUT2D eigenvalue weighted by molar-refractivity contribution is 9.10. The van der Waals surface area contributed by atoms with E-state index in [9.17, 15) is 0 Å². The molecular formula is C17H18BrCl2N. The molecule has 0 radical (unpaired) electrons. The fraction of sp³-hybridized carbons (Fsp3) is 0.294. The standard InChI is InChI=1S/C17H18BrCl2N/c1-3-21-16(13-7-5-8-14(18)11(13)2)10-12-6-4-9-15(19)17(12)20/h4-9,16,21H,3,10H2,1-2H3. The summed E-state index contributed by atoms with van der Waals surface area (Å²) in [5.41, 5.74) is 3.60. The first-order valence-corrected chi connectivity index (χ1v) is 8.50. The molecule has 2 aromatic carbocycles. The minimum Gasteiger partial charge on any atom is -0.310 e. The second-order valence-electron chi connectivity index (χ2n) is 4.98. The number of rotatable bonds is 5. The van der Waals surface area contributed by atoms with Gasteiger partial charge in [0.15, 0.2) is 0 Å². The van der Waals surface area contributed by atoms with Crippen LogP contribution in [0.4, 0.5) is 0 Å². The summed E-state index contributed by atoms with van der Waals surface area (Å²) in [6.07, 6.45) is 0.810. The summed E-state index contributed by atoms with van der Waals surface area (Å²) in [6.45, 7) is 5.14. The molecular weight excluding hydrogens is 369 g/mol. The van der Waals surface area contributed by atoms with Crippen molar-refractivity contribution in [2.45, 2.75) is 26.3 Å². The van der Waals surface area contributed by atoms with E-state index in [0.29, 0.717) is 10.0 Å². The van der Waals surface area contributed by atoms with E-state index in [-0.39, 0.29) is 6.04 Å². The lowest BCUT2D eigenvalue weighted by atomic mass is 9.95. The number of likely N-dealkylation sites (N-methyl/N-ethyl adjacent to an activating group) is 1. The Morgan fingerprint density at radius 3 is 2.57 bits per heavy atom. The maximum Gasteiger partial charge on any atom is 0.0624 e. The highest BCUT2D eigenvalue weighted by Gasteiger charge is 2.16. The lowest BCUT2D eigenvalue weighted by molar-refractivity contribution is 0.547. The van der Waals surface area contributed by atoms with Gasteiger partial charge in [-0.2, -0.15) is 0 Å². The molecule has 1 atom stereocenters. The molecule has 2 rings (SSSR count). The predicted molar refractivity (Wildman–Crippen MR) is 95.5 cm³/mol. The summed E-state index contributed by atoms with van der Waals surface area (Å²) in [7, 11) is 0. The zero-order valence-corrected chi connectivity index (χ0v) is 15.2. The SMILES string of the molecule is CCNC(Cc1cccc(Cl)c1Cl)c1cccc(Br)c1C. The van der Waals surface area contributed by atoms with Gasteiger partial charge in [0, 0.05) is 10.5 Å². The van der Waals surface area contributed by atoms with Gasteiger partial charge in [-0.3, -0.25) is 0 Å². The Kier molecular flexibility index (Phi) is 6.12. The number of nitrogens with one attached hydrogen (secondary N) is 1. The van der Waals surface area contributed by atoms with Crippen LogP contribution in [0.2, 0.25) is 10.0 Å². The minimum absolute atomic E-state index is 0.212. The Bertz CT molecular complexity index is 628. The van der Waals surface area contributed by atoms with Gasteiger partial charge < -0.3 is 5.32 Å². The van der Waals surface area contributed by atoms with Crippen LogP contribution in [0.3, 0.4) is 0 Å². The Labute approximate surface area is 144 Å². The van der Waals surface area contributed by atoms with Crippen molar-refractivity contribution in [3.05, 3.63) is 67.6 Å². The molecule has 0 aliphatic heterocycles. The number of halogens is 3. The molecule has 112 valence electrons. The van der Waals surface area contributed by atoms with Crippen molar-refractivity contribution < 1.29 is 0 Å². The Morgan fingerprint density at radius 2 is 1.86 bits per heavy atom. The van der Waals surface area contributed by atoms with Crippen molar-refractivity contribution >= 4 is 39.1 Å². The third kappa shape index (κ3) is 4.01. The molecule has 0 heterocycles. The van der Waals surface area contributed by atoms with Crippen LogP contribution in [0, 0.1) is 6.92 Å². The molecule has 0 spiro atoms. The average molecular weight is 387 g/mol. The van der Waals surface area contributed by atoms with Crippen LogP contribution in [0.25, 0.3) is 0 Å². The molecule has 4 heteroatoms. The molecule has 0 saturated carbocycles. The van der Waals surface area contributed by atoms with Gasteiger partial charge in [-0.25, -0.2) is 0 Å². The van der Waals surface area contributed by atoms with Crippen molar-refractivity contribution in [1.29, 1.82) is 0 Å². The molecule has 0 bridgehead atoms. The fourth-order valence-corrected chi connectivity index (χ4v) is 3.24. The largest absolute Gasteiger partial charge is 0.310 e. The van der Waals surface area contributed by atoms with Gasteiger partial charge >= 0.3 is 0 Å². The molecule has 1 N–H and O–H groups in total. The van der Waals surface area contributed by atoms with Crippen LogP contribution in [-0.2, 0) is 6.42 Å². The summed E-state index contributed by atoms with van der Waals surface area (Å²) < 4.78 is 1.13. The summed E-state index contributed by atoms with van der Waals surface area (Å²) in [4.78, 5) is 0. The predicted octanol–water partition coefficient (Wildman–Crippen LogP) is 5.96. The van der Waals surface area contributed by atoms with Gasteiger partial charge in [-0.05, 0) is 48.7 Å². The van der Waals surface area contributed by atoms with Crippen molar-refractivity contribution in [2.75, 3.05) is 6.54 Å². The van der Waals surface area contributed by atoms with Gasteiger partial charge in [-0.1, -0.05) is 70.3 Å². The molecule has 1 nitrogen and oxygen atoms in total. The van der Waals surface area contributed by atoms with Gasteiger partial charge in [0.05, 0.1) is 10.0 Å². The van der Waals surface area contributed by atoms with E-state index >= 15 is 0 Å². The van der Waals surface area contributed by atoms with Crippen LogP contribution in [0.5, 0.6) is 0 Å². The first-order chi connectivity index (χ1) is 10.0. The minimum atomic E-state index is 0.212. The maximum absolute atomic E-state index is 6.33. The zero-order chi connectivity index (χ0) is 15.4. The zero-order valence-electron chi connectivity index (χ0n) is 12.1. The quantitative estimate of drug-likeness (QED) is 0.668. The van der Waals surface area contributed by atoms with Crippen LogP contribution >= 0.6 is 39.1 Å². The van der Waals surface area contributed by atoms with E-state index in [4.69, 9.17) is 23.2 Å². The van der Waals surface area contributed by atoms with Crippen LogP contribution in [0.1, 0.15) is 29.7 Å².